The monoisotopic (exact) mass is 239 g/mol. The molecule has 1 saturated carbocycles. The molecule has 0 saturated heterocycles. The first kappa shape index (κ1) is 11.4. The van der Waals surface area contributed by atoms with Gasteiger partial charge in [-0.3, -0.25) is 16.3 Å². The molecule has 18 heavy (non-hydrogen) atoms. The molecule has 1 aromatic heterocycles. The van der Waals surface area contributed by atoms with Gasteiger partial charge < -0.3 is 0 Å². The number of nitrogens with two attached hydrogens (primary N) is 1. The van der Waals surface area contributed by atoms with Gasteiger partial charge in [-0.1, -0.05) is 36.4 Å². The van der Waals surface area contributed by atoms with Crippen LogP contribution in [0.5, 0.6) is 0 Å². The molecule has 2 aromatic rings. The molecular formula is C15H17N3. The second-order valence-corrected chi connectivity index (χ2v) is 4.85. The van der Waals surface area contributed by atoms with E-state index < -0.39 is 0 Å². The van der Waals surface area contributed by atoms with Crippen molar-refractivity contribution in [1.82, 2.24) is 10.4 Å². The molecule has 1 heterocycles. The zero-order valence-electron chi connectivity index (χ0n) is 10.2. The Morgan fingerprint density at radius 2 is 2.00 bits per heavy atom. The summed E-state index contributed by atoms with van der Waals surface area (Å²) in [6.07, 6.45) is 4.87. The van der Waals surface area contributed by atoms with Crippen LogP contribution in [-0.4, -0.2) is 4.98 Å². The number of nitrogens with zero attached hydrogens (tertiary/aromatic N) is 1. The van der Waals surface area contributed by atoms with Gasteiger partial charge >= 0.3 is 0 Å². The Hall–Kier alpha value is -1.71. The van der Waals surface area contributed by atoms with Crippen molar-refractivity contribution >= 4 is 0 Å². The maximum atomic E-state index is 5.71. The Morgan fingerprint density at radius 1 is 1.17 bits per heavy atom. The van der Waals surface area contributed by atoms with Crippen LogP contribution in [0, 0.1) is 5.92 Å². The summed E-state index contributed by atoms with van der Waals surface area (Å²) >= 11 is 0. The Bertz CT molecular complexity index is 498. The number of pyridine rings is 1. The molecule has 3 N–H and O–H groups in total. The van der Waals surface area contributed by atoms with Gasteiger partial charge in [0.05, 0.1) is 6.04 Å². The normalized spacial score (nSPS) is 23.6. The molecular weight excluding hydrogens is 222 g/mol. The predicted molar refractivity (Wildman–Crippen MR) is 71.6 cm³/mol. The van der Waals surface area contributed by atoms with Crippen molar-refractivity contribution in [3.63, 3.8) is 0 Å². The Balaban J connectivity index is 1.77. The van der Waals surface area contributed by atoms with Crippen molar-refractivity contribution < 1.29 is 0 Å². The van der Waals surface area contributed by atoms with E-state index in [9.17, 15) is 0 Å². The second-order valence-electron chi connectivity index (χ2n) is 4.85. The number of hydrogen-bond donors (Lipinski definition) is 2. The van der Waals surface area contributed by atoms with Crippen molar-refractivity contribution in [3.05, 3.63) is 66.0 Å². The van der Waals surface area contributed by atoms with E-state index in [4.69, 9.17) is 5.84 Å². The molecule has 0 radical (unpaired) electrons. The molecule has 1 aromatic carbocycles. The lowest BCUT2D eigenvalue weighted by molar-refractivity contribution is 0.486. The summed E-state index contributed by atoms with van der Waals surface area (Å²) in [7, 11) is 0. The fourth-order valence-electron chi connectivity index (χ4n) is 2.69. The van der Waals surface area contributed by atoms with E-state index in [0.717, 1.165) is 0 Å². The molecule has 3 nitrogen and oxygen atoms in total. The maximum absolute atomic E-state index is 5.71. The van der Waals surface area contributed by atoms with Crippen LogP contribution in [-0.2, 0) is 0 Å². The number of rotatable bonds is 4. The Morgan fingerprint density at radius 3 is 2.67 bits per heavy atom. The van der Waals surface area contributed by atoms with Gasteiger partial charge in [0, 0.05) is 12.4 Å². The summed E-state index contributed by atoms with van der Waals surface area (Å²) in [4.78, 5) is 4.17. The molecule has 3 unspecified atom stereocenters. The van der Waals surface area contributed by atoms with Crippen LogP contribution in [0.25, 0.3) is 0 Å². The van der Waals surface area contributed by atoms with Crippen LogP contribution < -0.4 is 11.3 Å². The van der Waals surface area contributed by atoms with Crippen LogP contribution in [0.15, 0.2) is 54.9 Å². The van der Waals surface area contributed by atoms with Crippen LogP contribution in [0.3, 0.4) is 0 Å². The smallest absolute Gasteiger partial charge is 0.0509 e. The quantitative estimate of drug-likeness (QED) is 0.636. The van der Waals surface area contributed by atoms with Gasteiger partial charge in [0.25, 0.3) is 0 Å². The minimum Gasteiger partial charge on any atom is -0.271 e. The van der Waals surface area contributed by atoms with Crippen molar-refractivity contribution in [1.29, 1.82) is 0 Å². The average Bonchev–Trinajstić information content (AvgIpc) is 3.22. The zero-order valence-corrected chi connectivity index (χ0v) is 10.2. The Labute approximate surface area is 107 Å². The van der Waals surface area contributed by atoms with Gasteiger partial charge in [-0.15, -0.1) is 0 Å². The molecule has 1 aliphatic rings. The number of aromatic nitrogens is 1. The number of benzene rings is 1. The van der Waals surface area contributed by atoms with Gasteiger partial charge in [-0.2, -0.15) is 0 Å². The van der Waals surface area contributed by atoms with Crippen molar-refractivity contribution in [2.24, 2.45) is 11.8 Å². The van der Waals surface area contributed by atoms with Gasteiger partial charge in [-0.05, 0) is 35.4 Å². The summed E-state index contributed by atoms with van der Waals surface area (Å²) < 4.78 is 0. The van der Waals surface area contributed by atoms with E-state index in [0.29, 0.717) is 11.8 Å². The summed E-state index contributed by atoms with van der Waals surface area (Å²) in [5, 5.41) is 0. The molecule has 1 aliphatic carbocycles. The van der Waals surface area contributed by atoms with Crippen LogP contribution in [0.2, 0.25) is 0 Å². The minimum atomic E-state index is 0.198. The highest BCUT2D eigenvalue weighted by Crippen LogP contribution is 2.53. The fourth-order valence-corrected chi connectivity index (χ4v) is 2.69. The fraction of sp³-hybridized carbons (Fsp3) is 0.267. The molecule has 92 valence electrons. The predicted octanol–water partition coefficient (Wildman–Crippen LogP) is 2.39. The standard InChI is InChI=1S/C15H17N3/c16-18-15(12-7-4-8-17-10-12)14-9-13(14)11-5-2-1-3-6-11/h1-8,10,13-15,18H,9,16H2. The van der Waals surface area contributed by atoms with E-state index in [1.807, 2.05) is 12.3 Å². The van der Waals surface area contributed by atoms with Crippen molar-refractivity contribution in [3.8, 4) is 0 Å². The van der Waals surface area contributed by atoms with Crippen LogP contribution >= 0.6 is 0 Å². The third-order valence-electron chi connectivity index (χ3n) is 3.72. The van der Waals surface area contributed by atoms with Gasteiger partial charge in [0.1, 0.15) is 0 Å². The second kappa shape index (κ2) is 4.88. The first-order valence-corrected chi connectivity index (χ1v) is 6.31. The molecule has 0 amide bonds. The molecule has 3 heteroatoms. The SMILES string of the molecule is NNC(c1cccnc1)C1CC1c1ccccc1. The van der Waals surface area contributed by atoms with Crippen LogP contribution in [0.4, 0.5) is 0 Å². The first-order valence-electron chi connectivity index (χ1n) is 6.31. The average molecular weight is 239 g/mol. The van der Waals surface area contributed by atoms with E-state index in [-0.39, 0.29) is 6.04 Å². The maximum Gasteiger partial charge on any atom is 0.0509 e. The van der Waals surface area contributed by atoms with Crippen molar-refractivity contribution in [2.45, 2.75) is 18.4 Å². The molecule has 0 spiro atoms. The molecule has 3 rings (SSSR count). The van der Waals surface area contributed by atoms with Gasteiger partial charge in [0.15, 0.2) is 0 Å². The number of nitrogens with one attached hydrogen (secondary N) is 1. The minimum absolute atomic E-state index is 0.198. The summed E-state index contributed by atoms with van der Waals surface area (Å²) in [5.41, 5.74) is 5.52. The van der Waals surface area contributed by atoms with E-state index in [2.05, 4.69) is 46.8 Å². The Kier molecular flexibility index (Phi) is 3.09. The first-order chi connectivity index (χ1) is 8.90. The third kappa shape index (κ3) is 2.15. The lowest BCUT2D eigenvalue weighted by Crippen LogP contribution is -2.29. The van der Waals surface area contributed by atoms with Crippen LogP contribution in [0.1, 0.15) is 29.5 Å². The van der Waals surface area contributed by atoms with Gasteiger partial charge in [-0.25, -0.2) is 0 Å². The highest BCUT2D eigenvalue weighted by molar-refractivity contribution is 5.29. The van der Waals surface area contributed by atoms with E-state index in [1.54, 1.807) is 6.20 Å². The molecule has 0 aliphatic heterocycles. The summed E-state index contributed by atoms with van der Waals surface area (Å²) in [5.74, 6) is 6.90. The lowest BCUT2D eigenvalue weighted by atomic mass is 10.0. The lowest BCUT2D eigenvalue weighted by Gasteiger charge is -2.15. The molecule has 3 atom stereocenters. The van der Waals surface area contributed by atoms with Crippen molar-refractivity contribution in [2.75, 3.05) is 0 Å². The molecule has 1 fully saturated rings. The largest absolute Gasteiger partial charge is 0.271 e. The van der Waals surface area contributed by atoms with E-state index in [1.165, 1.54) is 17.5 Å². The topological polar surface area (TPSA) is 50.9 Å². The zero-order chi connectivity index (χ0) is 12.4. The third-order valence-corrected chi connectivity index (χ3v) is 3.72. The summed E-state index contributed by atoms with van der Waals surface area (Å²) in [6.45, 7) is 0. The van der Waals surface area contributed by atoms with E-state index >= 15 is 0 Å². The molecule has 0 bridgehead atoms. The van der Waals surface area contributed by atoms with Gasteiger partial charge in [0.2, 0.25) is 0 Å². The number of hydrogen-bond acceptors (Lipinski definition) is 3. The summed E-state index contributed by atoms with van der Waals surface area (Å²) in [6, 6.07) is 14.9. The highest BCUT2D eigenvalue weighted by atomic mass is 15.2. The number of hydrazine groups is 1. The highest BCUT2D eigenvalue weighted by Gasteiger charge is 2.44.